The predicted octanol–water partition coefficient (Wildman–Crippen LogP) is 1.77. The molecule has 1 aliphatic rings. The second kappa shape index (κ2) is 5.06. The van der Waals surface area contributed by atoms with Crippen molar-refractivity contribution in [3.05, 3.63) is 15.8 Å². The van der Waals surface area contributed by atoms with E-state index in [0.29, 0.717) is 9.77 Å². The quantitative estimate of drug-likeness (QED) is 0.880. The van der Waals surface area contributed by atoms with Crippen LogP contribution in [0.15, 0.2) is 11.0 Å². The van der Waals surface area contributed by atoms with Crippen molar-refractivity contribution in [3.63, 3.8) is 0 Å². The molecule has 1 saturated carbocycles. The van der Waals surface area contributed by atoms with Gasteiger partial charge in [0, 0.05) is 15.8 Å². The maximum atomic E-state index is 12.2. The number of nitrogens with one attached hydrogen (secondary N) is 1. The van der Waals surface area contributed by atoms with E-state index in [1.54, 1.807) is 13.0 Å². The lowest BCUT2D eigenvalue weighted by atomic mass is 10.3. The topological polar surface area (TPSA) is 66.4 Å². The lowest BCUT2D eigenvalue weighted by Crippen LogP contribution is -2.32. The number of aliphatic hydroxyl groups excluding tert-OH is 1. The Balaban J connectivity index is 2.21. The highest BCUT2D eigenvalue weighted by Gasteiger charge is 2.25. The summed E-state index contributed by atoms with van der Waals surface area (Å²) >= 11 is 1.33. The van der Waals surface area contributed by atoms with Crippen LogP contribution in [0.5, 0.6) is 0 Å². The fourth-order valence-corrected chi connectivity index (χ4v) is 5.00. The summed E-state index contributed by atoms with van der Waals surface area (Å²) < 4.78 is 27.1. The van der Waals surface area contributed by atoms with Gasteiger partial charge >= 0.3 is 0 Å². The van der Waals surface area contributed by atoms with E-state index in [2.05, 4.69) is 4.72 Å². The molecule has 4 nitrogen and oxygen atoms in total. The monoisotopic (exact) mass is 275 g/mol. The van der Waals surface area contributed by atoms with Crippen LogP contribution < -0.4 is 4.72 Å². The zero-order valence-electron chi connectivity index (χ0n) is 9.77. The number of hydrogen-bond donors (Lipinski definition) is 2. The van der Waals surface area contributed by atoms with Crippen LogP contribution in [0.2, 0.25) is 0 Å². The van der Waals surface area contributed by atoms with E-state index in [4.69, 9.17) is 5.11 Å². The minimum Gasteiger partial charge on any atom is -0.391 e. The molecule has 1 aromatic heterocycles. The highest BCUT2D eigenvalue weighted by molar-refractivity contribution is 7.89. The third-order valence-corrected chi connectivity index (χ3v) is 5.86. The third-order valence-electron chi connectivity index (χ3n) is 3.05. The van der Waals surface area contributed by atoms with Crippen molar-refractivity contribution in [2.45, 2.75) is 50.2 Å². The van der Waals surface area contributed by atoms with E-state index < -0.39 is 10.0 Å². The molecule has 1 fully saturated rings. The Kier molecular flexibility index (Phi) is 3.87. The van der Waals surface area contributed by atoms with E-state index >= 15 is 0 Å². The average molecular weight is 275 g/mol. The molecule has 0 atom stereocenters. The fraction of sp³-hybridized carbons (Fsp3) is 0.636. The maximum absolute atomic E-state index is 12.2. The van der Waals surface area contributed by atoms with Gasteiger partial charge in [-0.05, 0) is 25.8 Å². The van der Waals surface area contributed by atoms with Gasteiger partial charge in [0.2, 0.25) is 10.0 Å². The smallest absolute Gasteiger partial charge is 0.241 e. The highest BCUT2D eigenvalue weighted by atomic mass is 32.2. The molecule has 0 aromatic carbocycles. The third kappa shape index (κ3) is 2.88. The minimum atomic E-state index is -3.41. The standard InChI is InChI=1S/C11H17NO3S2/c1-8-11(6-10(7-13)16-8)17(14,15)12-9-4-2-3-5-9/h6,9,12-13H,2-5,7H2,1H3. The molecule has 2 N–H and O–H groups in total. The number of aliphatic hydroxyl groups is 1. The van der Waals surface area contributed by atoms with Crippen molar-refractivity contribution in [1.82, 2.24) is 4.72 Å². The SMILES string of the molecule is Cc1sc(CO)cc1S(=O)(=O)NC1CCCC1. The number of thiophene rings is 1. The number of hydrogen-bond acceptors (Lipinski definition) is 4. The molecular weight excluding hydrogens is 258 g/mol. The van der Waals surface area contributed by atoms with E-state index in [-0.39, 0.29) is 12.6 Å². The van der Waals surface area contributed by atoms with Crippen LogP contribution in [0.1, 0.15) is 35.4 Å². The zero-order valence-corrected chi connectivity index (χ0v) is 11.4. The summed E-state index contributed by atoms with van der Waals surface area (Å²) in [5, 5.41) is 9.02. The lowest BCUT2D eigenvalue weighted by molar-refractivity contribution is 0.285. The second-order valence-electron chi connectivity index (χ2n) is 4.39. The molecule has 96 valence electrons. The summed E-state index contributed by atoms with van der Waals surface area (Å²) in [6.45, 7) is 1.66. The summed E-state index contributed by atoms with van der Waals surface area (Å²) in [4.78, 5) is 1.74. The fourth-order valence-electron chi connectivity index (χ4n) is 2.20. The number of sulfonamides is 1. The highest BCUT2D eigenvalue weighted by Crippen LogP contribution is 2.27. The first-order valence-electron chi connectivity index (χ1n) is 5.75. The second-order valence-corrected chi connectivity index (χ2v) is 7.42. The van der Waals surface area contributed by atoms with Crippen molar-refractivity contribution in [2.75, 3.05) is 0 Å². The van der Waals surface area contributed by atoms with Gasteiger partial charge in [-0.3, -0.25) is 0 Å². The number of rotatable bonds is 4. The Morgan fingerprint density at radius 3 is 2.65 bits per heavy atom. The molecule has 0 bridgehead atoms. The minimum absolute atomic E-state index is 0.0804. The van der Waals surface area contributed by atoms with Crippen LogP contribution in [0.25, 0.3) is 0 Å². The van der Waals surface area contributed by atoms with Gasteiger partial charge in [0.1, 0.15) is 0 Å². The van der Waals surface area contributed by atoms with Crippen LogP contribution in [0, 0.1) is 6.92 Å². The Morgan fingerprint density at radius 1 is 1.47 bits per heavy atom. The van der Waals surface area contributed by atoms with Crippen LogP contribution in [0.4, 0.5) is 0 Å². The van der Waals surface area contributed by atoms with Crippen molar-refractivity contribution < 1.29 is 13.5 Å². The van der Waals surface area contributed by atoms with Gasteiger partial charge in [0.25, 0.3) is 0 Å². The van der Waals surface area contributed by atoms with Gasteiger partial charge in [-0.25, -0.2) is 13.1 Å². The molecule has 0 aliphatic heterocycles. The van der Waals surface area contributed by atoms with Crippen LogP contribution >= 0.6 is 11.3 Å². The Morgan fingerprint density at radius 2 is 2.12 bits per heavy atom. The molecule has 0 spiro atoms. The van der Waals surface area contributed by atoms with Gasteiger partial charge in [-0.2, -0.15) is 0 Å². The maximum Gasteiger partial charge on any atom is 0.241 e. The molecule has 0 amide bonds. The molecular formula is C11H17NO3S2. The lowest BCUT2D eigenvalue weighted by Gasteiger charge is -2.11. The Bertz CT molecular complexity index is 487. The van der Waals surface area contributed by atoms with Crippen molar-refractivity contribution >= 4 is 21.4 Å². The molecule has 0 unspecified atom stereocenters. The zero-order chi connectivity index (χ0) is 12.5. The van der Waals surface area contributed by atoms with E-state index in [1.807, 2.05) is 0 Å². The van der Waals surface area contributed by atoms with Crippen LogP contribution in [-0.4, -0.2) is 19.6 Å². The largest absolute Gasteiger partial charge is 0.391 e. The molecule has 0 radical (unpaired) electrons. The van der Waals surface area contributed by atoms with Crippen molar-refractivity contribution in [1.29, 1.82) is 0 Å². The van der Waals surface area contributed by atoms with E-state index in [0.717, 1.165) is 30.6 Å². The summed E-state index contributed by atoms with van der Waals surface area (Å²) in [5.41, 5.74) is 0. The van der Waals surface area contributed by atoms with Crippen molar-refractivity contribution in [3.8, 4) is 0 Å². The van der Waals surface area contributed by atoms with Gasteiger partial charge < -0.3 is 5.11 Å². The Hall–Kier alpha value is -0.430. The first-order valence-corrected chi connectivity index (χ1v) is 8.05. The first-order chi connectivity index (χ1) is 8.03. The molecule has 0 saturated heterocycles. The molecule has 1 aliphatic carbocycles. The summed E-state index contributed by atoms with van der Waals surface area (Å²) in [6, 6.07) is 1.65. The summed E-state index contributed by atoms with van der Waals surface area (Å²) in [6.07, 6.45) is 4.04. The molecule has 1 aromatic rings. The summed E-state index contributed by atoms with van der Waals surface area (Å²) in [7, 11) is -3.41. The van der Waals surface area contributed by atoms with Crippen LogP contribution in [-0.2, 0) is 16.6 Å². The molecule has 6 heteroatoms. The normalized spacial score (nSPS) is 17.8. The Labute approximate surface area is 106 Å². The average Bonchev–Trinajstić information content (AvgIpc) is 2.86. The molecule has 1 heterocycles. The number of aryl methyl sites for hydroxylation is 1. The predicted molar refractivity (Wildman–Crippen MR) is 67.6 cm³/mol. The first kappa shape index (κ1) is 13.0. The molecule has 2 rings (SSSR count). The molecule has 17 heavy (non-hydrogen) atoms. The van der Waals surface area contributed by atoms with Crippen LogP contribution in [0.3, 0.4) is 0 Å². The van der Waals surface area contributed by atoms with Gasteiger partial charge in [0.05, 0.1) is 11.5 Å². The van der Waals surface area contributed by atoms with E-state index in [1.165, 1.54) is 11.3 Å². The van der Waals surface area contributed by atoms with Gasteiger partial charge in [0.15, 0.2) is 0 Å². The van der Waals surface area contributed by atoms with Gasteiger partial charge in [-0.15, -0.1) is 11.3 Å². The van der Waals surface area contributed by atoms with E-state index in [9.17, 15) is 8.42 Å². The summed E-state index contributed by atoms with van der Waals surface area (Å²) in [5.74, 6) is 0. The van der Waals surface area contributed by atoms with Gasteiger partial charge in [-0.1, -0.05) is 12.8 Å². The van der Waals surface area contributed by atoms with Crippen molar-refractivity contribution in [2.24, 2.45) is 0 Å².